The second-order valence-corrected chi connectivity index (χ2v) is 7.47. The van der Waals surface area contributed by atoms with Gasteiger partial charge < -0.3 is 4.74 Å². The molecule has 1 aromatic heterocycles. The molecule has 0 atom stereocenters. The van der Waals surface area contributed by atoms with Crippen LogP contribution in [0.5, 0.6) is 0 Å². The fraction of sp³-hybridized carbons (Fsp3) is 0.188. The van der Waals surface area contributed by atoms with Gasteiger partial charge in [0.1, 0.15) is 4.91 Å². The van der Waals surface area contributed by atoms with E-state index < -0.39 is 0 Å². The average molecular weight is 403 g/mol. The van der Waals surface area contributed by atoms with Crippen LogP contribution in [-0.2, 0) is 4.74 Å². The number of aromatic nitrogens is 1. The average Bonchev–Trinajstić information content (AvgIpc) is 3.00. The predicted octanol–water partition coefficient (Wildman–Crippen LogP) is 4.38. The number of thiazole rings is 1. The molecule has 1 aliphatic heterocycles. The van der Waals surface area contributed by atoms with Gasteiger partial charge in [0.2, 0.25) is 5.69 Å². The molecular weight excluding hydrogens is 389 g/mol. The van der Waals surface area contributed by atoms with Gasteiger partial charge in [-0.3, -0.25) is 0 Å². The van der Waals surface area contributed by atoms with Crippen molar-refractivity contribution < 1.29 is 18.9 Å². The molecule has 126 valence electrons. The van der Waals surface area contributed by atoms with Crippen LogP contribution >= 0.6 is 47.1 Å². The second kappa shape index (κ2) is 7.70. The van der Waals surface area contributed by atoms with Crippen molar-refractivity contribution in [3.8, 4) is 0 Å². The number of nitrogens with zero attached hydrogens (tertiary/aromatic N) is 1. The summed E-state index contributed by atoms with van der Waals surface area (Å²) in [6.07, 6.45) is 1.78. The van der Waals surface area contributed by atoms with Crippen molar-refractivity contribution in [3.63, 3.8) is 0 Å². The molecule has 2 heterocycles. The maximum atomic E-state index is 12.6. The molecule has 0 radical (unpaired) electrons. The van der Waals surface area contributed by atoms with E-state index in [1.54, 1.807) is 30.6 Å². The zero-order chi connectivity index (χ0) is 16.6. The van der Waals surface area contributed by atoms with E-state index in [-0.39, 0.29) is 24.3 Å². The third kappa shape index (κ3) is 3.37. The molecule has 0 saturated carbocycles. The molecule has 3 rings (SSSR count). The van der Waals surface area contributed by atoms with Crippen molar-refractivity contribution in [1.29, 1.82) is 0 Å². The maximum Gasteiger partial charge on any atom is 0.433 e. The van der Waals surface area contributed by atoms with Gasteiger partial charge in [0.15, 0.2) is 4.88 Å². The molecule has 0 N–H and O–H groups in total. The predicted molar refractivity (Wildman–Crippen MR) is 98.4 cm³/mol. The van der Waals surface area contributed by atoms with Crippen LogP contribution < -0.4 is 4.57 Å². The number of carbonyl (C=O) groups excluding carboxylic acids is 2. The summed E-state index contributed by atoms with van der Waals surface area (Å²) in [6.45, 7) is 3.82. The molecule has 1 aromatic carbocycles. The fourth-order valence-corrected chi connectivity index (χ4v) is 4.81. The largest absolute Gasteiger partial charge is 0.462 e. The topological polar surface area (TPSA) is 47.2 Å². The Hall–Kier alpha value is -1.34. The van der Waals surface area contributed by atoms with Crippen LogP contribution in [0, 0.1) is 6.92 Å². The van der Waals surface area contributed by atoms with Crippen molar-refractivity contribution >= 4 is 65.1 Å². The van der Waals surface area contributed by atoms with E-state index in [1.165, 1.54) is 23.1 Å². The third-order valence-corrected chi connectivity index (χ3v) is 6.04. The number of benzene rings is 1. The normalized spacial score (nSPS) is 14.5. The summed E-state index contributed by atoms with van der Waals surface area (Å²) in [7, 11) is 0. The van der Waals surface area contributed by atoms with E-state index in [0.29, 0.717) is 27.1 Å². The highest BCUT2D eigenvalue weighted by atomic mass is 35.5. The highest BCUT2D eigenvalue weighted by Crippen LogP contribution is 2.38. The van der Waals surface area contributed by atoms with Gasteiger partial charge in [-0.2, -0.15) is 0 Å². The summed E-state index contributed by atoms with van der Waals surface area (Å²) >= 11 is 8.76. The Morgan fingerprint density at radius 3 is 2.71 bits per heavy atom. The van der Waals surface area contributed by atoms with E-state index in [2.05, 4.69) is 0 Å². The van der Waals surface area contributed by atoms with Gasteiger partial charge in [-0.15, -0.1) is 17.0 Å². The van der Waals surface area contributed by atoms with E-state index >= 15 is 0 Å². The molecule has 24 heavy (non-hydrogen) atoms. The van der Waals surface area contributed by atoms with Crippen molar-refractivity contribution in [2.45, 2.75) is 18.2 Å². The van der Waals surface area contributed by atoms with Crippen molar-refractivity contribution in [1.82, 2.24) is 0 Å². The molecule has 8 heteroatoms. The Morgan fingerprint density at radius 1 is 1.38 bits per heavy atom. The molecule has 0 spiro atoms. The first kappa shape index (κ1) is 19.0. The number of hydrogen-bond acceptors (Lipinski definition) is 5. The minimum atomic E-state index is -0.387. The summed E-state index contributed by atoms with van der Waals surface area (Å²) in [6, 6.07) is 7.35. The Morgan fingerprint density at radius 2 is 2.08 bits per heavy atom. The zero-order valence-corrected chi connectivity index (χ0v) is 16.1. The van der Waals surface area contributed by atoms with E-state index in [4.69, 9.17) is 16.3 Å². The monoisotopic (exact) mass is 402 g/mol. The van der Waals surface area contributed by atoms with Crippen molar-refractivity contribution in [2.24, 2.45) is 0 Å². The SMILES string of the molecule is CCOC(=O)c1sc2[n+](c1C)C(=O)/C(=C\c1ccccc1Cl)S2.Cl. The lowest BCUT2D eigenvalue weighted by Gasteiger charge is -1.98. The van der Waals surface area contributed by atoms with E-state index in [0.717, 1.165) is 9.90 Å². The maximum absolute atomic E-state index is 12.6. The van der Waals surface area contributed by atoms with Crippen LogP contribution in [0.3, 0.4) is 0 Å². The molecule has 0 unspecified atom stereocenters. The van der Waals surface area contributed by atoms with Crippen LogP contribution in [0.4, 0.5) is 0 Å². The Bertz CT molecular complexity index is 846. The van der Waals surface area contributed by atoms with Gasteiger partial charge >= 0.3 is 16.2 Å². The number of rotatable bonds is 3. The molecule has 0 amide bonds. The number of carbonyl (C=O) groups is 2. The van der Waals surface area contributed by atoms with Crippen LogP contribution in [0.15, 0.2) is 33.5 Å². The van der Waals surface area contributed by atoms with Gasteiger partial charge in [-0.05, 0) is 36.0 Å². The number of ether oxygens (including phenoxy) is 1. The number of thioether (sulfide) groups is 1. The first-order valence-corrected chi connectivity index (χ1v) is 8.95. The van der Waals surface area contributed by atoms with E-state index in [9.17, 15) is 9.59 Å². The summed E-state index contributed by atoms with van der Waals surface area (Å²) < 4.78 is 7.34. The fourth-order valence-electron chi connectivity index (χ4n) is 2.21. The molecule has 0 aliphatic carbocycles. The molecule has 0 bridgehead atoms. The summed E-state index contributed by atoms with van der Waals surface area (Å²) in [5.74, 6) is -0.531. The minimum Gasteiger partial charge on any atom is -0.462 e. The van der Waals surface area contributed by atoms with Gasteiger partial charge in [0, 0.05) is 23.7 Å². The first-order valence-electron chi connectivity index (χ1n) is 6.94. The number of fused-ring (bicyclic) bond motifs is 1. The van der Waals surface area contributed by atoms with Crippen LogP contribution in [0.2, 0.25) is 5.02 Å². The van der Waals surface area contributed by atoms with Crippen molar-refractivity contribution in [3.05, 3.63) is 50.3 Å². The summed E-state index contributed by atoms with van der Waals surface area (Å²) in [5.41, 5.74) is 1.41. The number of allylic oxidation sites excluding steroid dienone is 1. The first-order chi connectivity index (χ1) is 11.0. The van der Waals surface area contributed by atoms with Crippen molar-refractivity contribution in [2.75, 3.05) is 6.61 Å². The quantitative estimate of drug-likeness (QED) is 0.434. The van der Waals surface area contributed by atoms with Crippen LogP contribution in [-0.4, -0.2) is 18.5 Å². The Labute approximate surface area is 158 Å². The Balaban J connectivity index is 0.00000208. The summed E-state index contributed by atoms with van der Waals surface area (Å²) in [5, 5.41) is 0.595. The molecule has 2 aromatic rings. The lowest BCUT2D eigenvalue weighted by Crippen LogP contribution is -2.41. The molecular formula is C16H14Cl2NO3S2+. The second-order valence-electron chi connectivity index (χ2n) is 4.78. The smallest absolute Gasteiger partial charge is 0.433 e. The molecule has 1 aliphatic rings. The van der Waals surface area contributed by atoms with E-state index in [1.807, 2.05) is 18.2 Å². The summed E-state index contributed by atoms with van der Waals surface area (Å²) in [4.78, 5) is 25.6. The minimum absolute atomic E-state index is 0. The Kier molecular flexibility index (Phi) is 6.09. The number of hydrogen-bond donors (Lipinski definition) is 0. The molecule has 0 saturated heterocycles. The zero-order valence-electron chi connectivity index (χ0n) is 12.9. The van der Waals surface area contributed by atoms with Crippen LogP contribution in [0.25, 0.3) is 6.08 Å². The number of esters is 1. The number of halogens is 2. The lowest BCUT2D eigenvalue weighted by atomic mass is 10.2. The van der Waals surface area contributed by atoms with Gasteiger partial charge in [-0.25, -0.2) is 9.59 Å². The van der Waals surface area contributed by atoms with Gasteiger partial charge in [-0.1, -0.05) is 29.8 Å². The molecule has 4 nitrogen and oxygen atoms in total. The standard InChI is InChI=1S/C16H13ClNO3S2.ClH/c1-3-21-15(20)13-9(2)18-14(19)12(22-16(18)23-13)8-10-6-4-5-7-11(10)17;/h4-8H,3H2,1-2H3;1H/q+1;/b12-8+;. The molecule has 0 fully saturated rings. The van der Waals surface area contributed by atoms with Gasteiger partial charge in [0.25, 0.3) is 0 Å². The highest BCUT2D eigenvalue weighted by molar-refractivity contribution is 8.05. The lowest BCUT2D eigenvalue weighted by molar-refractivity contribution is -0.606. The van der Waals surface area contributed by atoms with Gasteiger partial charge in [0.05, 0.1) is 6.61 Å². The van der Waals surface area contributed by atoms with Crippen LogP contribution in [0.1, 0.15) is 32.6 Å². The third-order valence-electron chi connectivity index (χ3n) is 3.30. The highest BCUT2D eigenvalue weighted by Gasteiger charge is 2.43.